The molecule has 0 saturated heterocycles. The van der Waals surface area contributed by atoms with Crippen molar-refractivity contribution in [3.8, 4) is 0 Å². The van der Waals surface area contributed by atoms with E-state index in [9.17, 15) is 18.0 Å². The molecular formula is C19H17N3O4S3. The fourth-order valence-electron chi connectivity index (χ4n) is 3.09. The molecule has 7 nitrogen and oxygen atoms in total. The average molecular weight is 448 g/mol. The van der Waals surface area contributed by atoms with Crippen LogP contribution in [-0.4, -0.2) is 24.5 Å². The van der Waals surface area contributed by atoms with Crippen LogP contribution >= 0.6 is 22.7 Å². The van der Waals surface area contributed by atoms with Crippen LogP contribution < -0.4 is 11.1 Å². The van der Waals surface area contributed by atoms with E-state index in [2.05, 4.69) is 5.32 Å². The molecule has 3 aromatic rings. The van der Waals surface area contributed by atoms with E-state index in [0.717, 1.165) is 27.3 Å². The van der Waals surface area contributed by atoms with E-state index in [-0.39, 0.29) is 27.9 Å². The number of benzene rings is 1. The van der Waals surface area contributed by atoms with Gasteiger partial charge in [-0.1, -0.05) is 24.3 Å². The number of sulfonamides is 1. The lowest BCUT2D eigenvalue weighted by Gasteiger charge is -2.13. The number of hydrogen-bond donors (Lipinski definition) is 2. The summed E-state index contributed by atoms with van der Waals surface area (Å²) in [6.45, 7) is 2.40. The Morgan fingerprint density at radius 1 is 1.07 bits per heavy atom. The van der Waals surface area contributed by atoms with E-state index in [1.54, 1.807) is 6.07 Å². The lowest BCUT2D eigenvalue weighted by molar-refractivity contribution is 0.100. The Morgan fingerprint density at radius 2 is 1.72 bits per heavy atom. The second kappa shape index (κ2) is 7.38. The van der Waals surface area contributed by atoms with Crippen molar-refractivity contribution in [2.24, 2.45) is 5.73 Å². The Balaban J connectivity index is 1.64. The molecule has 0 atom stereocenters. The summed E-state index contributed by atoms with van der Waals surface area (Å²) in [4.78, 5) is 25.7. The fourth-order valence-corrected chi connectivity index (χ4v) is 6.77. The number of nitrogens with zero attached hydrogens (tertiary/aromatic N) is 1. The van der Waals surface area contributed by atoms with Crippen molar-refractivity contribution in [3.05, 3.63) is 68.9 Å². The van der Waals surface area contributed by atoms with Gasteiger partial charge in [-0.25, -0.2) is 8.42 Å². The molecule has 29 heavy (non-hydrogen) atoms. The van der Waals surface area contributed by atoms with Crippen molar-refractivity contribution in [1.82, 2.24) is 4.31 Å². The highest BCUT2D eigenvalue weighted by Gasteiger charge is 2.33. The molecule has 4 rings (SSSR count). The van der Waals surface area contributed by atoms with Gasteiger partial charge < -0.3 is 11.1 Å². The summed E-state index contributed by atoms with van der Waals surface area (Å²) in [5.74, 6) is -1.21. The summed E-state index contributed by atoms with van der Waals surface area (Å²) in [7, 11) is -3.84. The smallest absolute Gasteiger partial charge is 0.266 e. The van der Waals surface area contributed by atoms with Gasteiger partial charge in [0.1, 0.15) is 9.21 Å². The number of primary amides is 1. The summed E-state index contributed by atoms with van der Waals surface area (Å²) in [6.07, 6.45) is 0. The van der Waals surface area contributed by atoms with Crippen LogP contribution in [0.3, 0.4) is 0 Å². The van der Waals surface area contributed by atoms with E-state index in [0.29, 0.717) is 4.88 Å². The summed E-state index contributed by atoms with van der Waals surface area (Å²) < 4.78 is 27.6. The van der Waals surface area contributed by atoms with Crippen molar-refractivity contribution in [2.75, 3.05) is 5.32 Å². The number of nitrogens with one attached hydrogen (secondary N) is 1. The number of amides is 2. The molecule has 0 saturated carbocycles. The molecule has 0 unspecified atom stereocenters. The normalized spacial score (nSPS) is 14.0. The van der Waals surface area contributed by atoms with Gasteiger partial charge in [0.25, 0.3) is 21.8 Å². The number of hydrogen-bond acceptors (Lipinski definition) is 6. The minimum absolute atomic E-state index is 0.0214. The SMILES string of the molecule is Cc1ccc(C(=O)Nc2sc(S(=O)(=O)N3Cc4ccccc4C3)cc2C(N)=O)s1. The van der Waals surface area contributed by atoms with E-state index >= 15 is 0 Å². The highest BCUT2D eigenvalue weighted by molar-refractivity contribution is 7.91. The monoisotopic (exact) mass is 447 g/mol. The first-order valence-electron chi connectivity index (χ1n) is 8.64. The van der Waals surface area contributed by atoms with Gasteiger partial charge in [-0.05, 0) is 36.2 Å². The molecular weight excluding hydrogens is 430 g/mol. The second-order valence-corrected chi connectivity index (χ2v) is 11.1. The van der Waals surface area contributed by atoms with Crippen molar-refractivity contribution in [2.45, 2.75) is 24.2 Å². The number of carbonyl (C=O) groups is 2. The summed E-state index contributed by atoms with van der Waals surface area (Å²) in [5, 5.41) is 2.76. The van der Waals surface area contributed by atoms with Crippen LogP contribution in [0.25, 0.3) is 0 Å². The van der Waals surface area contributed by atoms with Gasteiger partial charge in [0, 0.05) is 18.0 Å². The maximum Gasteiger partial charge on any atom is 0.266 e. The lowest BCUT2D eigenvalue weighted by atomic mass is 10.1. The van der Waals surface area contributed by atoms with E-state index in [1.165, 1.54) is 21.7 Å². The van der Waals surface area contributed by atoms with Crippen LogP contribution in [0.1, 0.15) is 36.0 Å². The Hall–Kier alpha value is -2.53. The van der Waals surface area contributed by atoms with Crippen LogP contribution in [0.4, 0.5) is 5.00 Å². The third kappa shape index (κ3) is 3.71. The third-order valence-corrected chi connectivity index (χ3v) is 8.86. The van der Waals surface area contributed by atoms with Crippen molar-refractivity contribution in [3.63, 3.8) is 0 Å². The fraction of sp³-hybridized carbons (Fsp3) is 0.158. The number of aryl methyl sites for hydroxylation is 1. The Labute approximate surface area is 175 Å². The van der Waals surface area contributed by atoms with E-state index < -0.39 is 21.8 Å². The van der Waals surface area contributed by atoms with Crippen molar-refractivity contribution >= 4 is 49.5 Å². The minimum Gasteiger partial charge on any atom is -0.366 e. The summed E-state index contributed by atoms with van der Waals surface area (Å²) >= 11 is 2.14. The van der Waals surface area contributed by atoms with Crippen molar-refractivity contribution < 1.29 is 18.0 Å². The molecule has 3 N–H and O–H groups in total. The van der Waals surface area contributed by atoms with E-state index in [1.807, 2.05) is 37.3 Å². The predicted octanol–water partition coefficient (Wildman–Crippen LogP) is 3.17. The molecule has 0 aliphatic carbocycles. The molecule has 0 fully saturated rings. The average Bonchev–Trinajstić information content (AvgIpc) is 3.39. The number of anilines is 1. The predicted molar refractivity (Wildman–Crippen MR) is 113 cm³/mol. The van der Waals surface area contributed by atoms with Gasteiger partial charge >= 0.3 is 0 Å². The van der Waals surface area contributed by atoms with Crippen LogP contribution in [0, 0.1) is 6.92 Å². The zero-order valence-corrected chi connectivity index (χ0v) is 17.8. The van der Waals surface area contributed by atoms with Crippen molar-refractivity contribution in [1.29, 1.82) is 0 Å². The third-order valence-electron chi connectivity index (χ3n) is 4.57. The maximum absolute atomic E-state index is 13.1. The Kier molecular flexibility index (Phi) is 5.03. The zero-order valence-electron chi connectivity index (χ0n) is 15.3. The van der Waals surface area contributed by atoms with E-state index in [4.69, 9.17) is 5.73 Å². The molecule has 1 aliphatic rings. The minimum atomic E-state index is -3.84. The molecule has 2 aromatic heterocycles. The molecule has 1 aliphatic heterocycles. The standard InChI is InChI=1S/C19H17N3O4S3/c1-11-6-7-15(27-11)18(24)21-19-14(17(20)23)8-16(28-19)29(25,26)22-9-12-4-2-3-5-13(12)10-22/h2-8H,9-10H2,1H3,(H2,20,23)(H,21,24). The highest BCUT2D eigenvalue weighted by atomic mass is 32.2. The first-order valence-corrected chi connectivity index (χ1v) is 11.7. The van der Waals surface area contributed by atoms with Gasteiger partial charge in [0.2, 0.25) is 0 Å². The lowest BCUT2D eigenvalue weighted by Crippen LogP contribution is -2.25. The maximum atomic E-state index is 13.1. The first-order chi connectivity index (χ1) is 13.8. The molecule has 10 heteroatoms. The van der Waals surface area contributed by atoms with Gasteiger partial charge in [-0.15, -0.1) is 22.7 Å². The van der Waals surface area contributed by atoms with Gasteiger partial charge in [-0.3, -0.25) is 9.59 Å². The number of carbonyl (C=O) groups excluding carboxylic acids is 2. The molecule has 3 heterocycles. The van der Waals surface area contributed by atoms with Crippen LogP contribution in [0.2, 0.25) is 0 Å². The molecule has 1 aromatic carbocycles. The number of rotatable bonds is 5. The number of nitrogens with two attached hydrogens (primary N) is 1. The van der Waals surface area contributed by atoms with Gasteiger partial charge in [0.05, 0.1) is 10.4 Å². The van der Waals surface area contributed by atoms with Gasteiger partial charge in [-0.2, -0.15) is 4.31 Å². The molecule has 2 amide bonds. The molecule has 0 bridgehead atoms. The first kappa shape index (κ1) is 19.8. The largest absolute Gasteiger partial charge is 0.366 e. The molecule has 0 radical (unpaired) electrons. The summed E-state index contributed by atoms with van der Waals surface area (Å²) in [5.41, 5.74) is 7.30. The Bertz CT molecular complexity index is 1200. The summed E-state index contributed by atoms with van der Waals surface area (Å²) in [6, 6.07) is 12.2. The zero-order chi connectivity index (χ0) is 20.8. The van der Waals surface area contributed by atoms with Crippen LogP contribution in [0.15, 0.2) is 46.7 Å². The quantitative estimate of drug-likeness (QED) is 0.626. The number of fused-ring (bicyclic) bond motifs is 1. The number of thiophene rings is 2. The van der Waals surface area contributed by atoms with Crippen LogP contribution in [0.5, 0.6) is 0 Å². The second-order valence-electron chi connectivity index (χ2n) is 6.58. The molecule has 150 valence electrons. The Morgan fingerprint density at radius 3 is 2.28 bits per heavy atom. The molecule has 0 spiro atoms. The van der Waals surface area contributed by atoms with Gasteiger partial charge in [0.15, 0.2) is 0 Å². The topological polar surface area (TPSA) is 110 Å². The highest BCUT2D eigenvalue weighted by Crippen LogP contribution is 2.36. The van der Waals surface area contributed by atoms with Crippen LogP contribution in [-0.2, 0) is 23.1 Å².